The summed E-state index contributed by atoms with van der Waals surface area (Å²) in [6, 6.07) is 0. The van der Waals surface area contributed by atoms with Crippen LogP contribution in [0.25, 0.3) is 0 Å². The van der Waals surface area contributed by atoms with Gasteiger partial charge >= 0.3 is 5.97 Å². The number of hydrogen-bond donors (Lipinski definition) is 0. The first-order valence-corrected chi connectivity index (χ1v) is 7.59. The molecule has 0 amide bonds. The van der Waals surface area contributed by atoms with E-state index in [4.69, 9.17) is 14.2 Å². The number of carbonyl (C=O) groups excluding carboxylic acids is 1. The largest absolute Gasteiger partial charge is 0.464 e. The molecule has 1 aliphatic heterocycles. The third kappa shape index (κ3) is 2.66. The number of ether oxygens (including phenoxy) is 3. The van der Waals surface area contributed by atoms with E-state index in [9.17, 15) is 4.79 Å². The van der Waals surface area contributed by atoms with Crippen molar-refractivity contribution in [3.8, 4) is 0 Å². The first-order chi connectivity index (χ1) is 10.7. The number of carbonyl (C=O) groups is 1. The summed E-state index contributed by atoms with van der Waals surface area (Å²) < 4.78 is 16.1. The second-order valence-electron chi connectivity index (χ2n) is 5.48. The maximum Gasteiger partial charge on any atom is 0.376 e. The highest BCUT2D eigenvalue weighted by Crippen LogP contribution is 2.38. The maximum atomic E-state index is 11.8. The number of rotatable bonds is 2. The molecule has 22 heavy (non-hydrogen) atoms. The van der Waals surface area contributed by atoms with Gasteiger partial charge in [0.15, 0.2) is 0 Å². The van der Waals surface area contributed by atoms with Crippen LogP contribution in [0.2, 0.25) is 0 Å². The fraction of sp³-hybridized carbons (Fsp3) is 0.389. The lowest BCUT2D eigenvalue weighted by Crippen LogP contribution is -2.34. The first-order valence-electron chi connectivity index (χ1n) is 7.59. The lowest BCUT2D eigenvalue weighted by Gasteiger charge is -2.32. The molecule has 4 heteroatoms. The molecule has 116 valence electrons. The SMILES string of the molecule is CCC1CC=CC2=COC(C(=O)OC)OC3C=CC=CC3=C21. The molecule has 1 heterocycles. The quantitative estimate of drug-likeness (QED) is 0.735. The Labute approximate surface area is 130 Å². The second kappa shape index (κ2) is 6.36. The van der Waals surface area contributed by atoms with Crippen molar-refractivity contribution in [2.24, 2.45) is 5.92 Å². The molecule has 3 rings (SSSR count). The van der Waals surface area contributed by atoms with E-state index in [1.807, 2.05) is 18.2 Å². The zero-order chi connectivity index (χ0) is 15.5. The molecule has 0 bridgehead atoms. The van der Waals surface area contributed by atoms with Crippen LogP contribution in [0.5, 0.6) is 0 Å². The molecule has 0 aromatic rings. The van der Waals surface area contributed by atoms with Gasteiger partial charge in [0.05, 0.1) is 13.4 Å². The van der Waals surface area contributed by atoms with Gasteiger partial charge in [-0.2, -0.15) is 0 Å². The van der Waals surface area contributed by atoms with Crippen LogP contribution in [0.4, 0.5) is 0 Å². The van der Waals surface area contributed by atoms with Gasteiger partial charge in [-0.25, -0.2) is 4.79 Å². The van der Waals surface area contributed by atoms with Gasteiger partial charge < -0.3 is 14.2 Å². The summed E-state index contributed by atoms with van der Waals surface area (Å²) in [6.45, 7) is 2.18. The van der Waals surface area contributed by atoms with Gasteiger partial charge in [0, 0.05) is 5.57 Å². The van der Waals surface area contributed by atoms with Crippen molar-refractivity contribution < 1.29 is 19.0 Å². The van der Waals surface area contributed by atoms with Crippen molar-refractivity contribution in [2.45, 2.75) is 32.2 Å². The van der Waals surface area contributed by atoms with Crippen LogP contribution in [0.1, 0.15) is 19.8 Å². The summed E-state index contributed by atoms with van der Waals surface area (Å²) in [6.07, 6.45) is 14.5. The van der Waals surface area contributed by atoms with Crippen molar-refractivity contribution >= 4 is 5.97 Å². The fourth-order valence-corrected chi connectivity index (χ4v) is 3.07. The molecule has 0 saturated heterocycles. The van der Waals surface area contributed by atoms with Crippen LogP contribution in [-0.2, 0) is 19.0 Å². The summed E-state index contributed by atoms with van der Waals surface area (Å²) in [5, 5.41) is 0. The number of esters is 1. The number of allylic oxidation sites excluding steroid dienone is 6. The van der Waals surface area contributed by atoms with Gasteiger partial charge in [-0.15, -0.1) is 0 Å². The minimum absolute atomic E-state index is 0.298. The topological polar surface area (TPSA) is 44.8 Å². The molecule has 0 fully saturated rings. The Morgan fingerprint density at radius 3 is 3.00 bits per heavy atom. The van der Waals surface area contributed by atoms with E-state index in [1.54, 1.807) is 6.26 Å². The van der Waals surface area contributed by atoms with Crippen molar-refractivity contribution in [2.75, 3.05) is 7.11 Å². The minimum Gasteiger partial charge on any atom is -0.464 e. The summed E-state index contributed by atoms with van der Waals surface area (Å²) in [5.41, 5.74) is 3.36. The lowest BCUT2D eigenvalue weighted by atomic mass is 9.79. The minimum atomic E-state index is -1.05. The Morgan fingerprint density at radius 2 is 2.23 bits per heavy atom. The van der Waals surface area contributed by atoms with Crippen molar-refractivity contribution in [3.05, 3.63) is 59.4 Å². The second-order valence-corrected chi connectivity index (χ2v) is 5.48. The molecule has 3 unspecified atom stereocenters. The highest BCUT2D eigenvalue weighted by Gasteiger charge is 2.32. The average Bonchev–Trinajstić information content (AvgIpc) is 2.55. The normalized spacial score (nSPS) is 29.7. The third-order valence-electron chi connectivity index (χ3n) is 4.20. The molecule has 0 spiro atoms. The van der Waals surface area contributed by atoms with Gasteiger partial charge in [-0.3, -0.25) is 0 Å². The number of methoxy groups -OCH3 is 1. The van der Waals surface area contributed by atoms with E-state index in [0.717, 1.165) is 24.0 Å². The fourth-order valence-electron chi connectivity index (χ4n) is 3.07. The Kier molecular flexibility index (Phi) is 4.29. The van der Waals surface area contributed by atoms with Crippen LogP contribution in [-0.4, -0.2) is 25.5 Å². The molecule has 0 radical (unpaired) electrons. The van der Waals surface area contributed by atoms with E-state index < -0.39 is 12.3 Å². The zero-order valence-electron chi connectivity index (χ0n) is 12.8. The standard InChI is InChI=1S/C18H20O4/c1-3-12-7-6-8-13-11-21-18(17(19)20-2)22-15-10-5-4-9-14(15)16(12)13/h4-6,8-12,15,18H,3,7H2,1-2H3. The lowest BCUT2D eigenvalue weighted by molar-refractivity contribution is -0.185. The summed E-state index contributed by atoms with van der Waals surface area (Å²) in [7, 11) is 1.33. The van der Waals surface area contributed by atoms with Crippen LogP contribution in [0.3, 0.4) is 0 Å². The van der Waals surface area contributed by atoms with Gasteiger partial charge in [0.2, 0.25) is 0 Å². The Hall–Kier alpha value is -2.07. The van der Waals surface area contributed by atoms with E-state index in [0.29, 0.717) is 5.92 Å². The molecular weight excluding hydrogens is 280 g/mol. The Bertz CT molecular complexity index is 607. The average molecular weight is 300 g/mol. The summed E-state index contributed by atoms with van der Waals surface area (Å²) in [5.74, 6) is -0.0961. The predicted molar refractivity (Wildman–Crippen MR) is 82.7 cm³/mol. The van der Waals surface area contributed by atoms with Crippen LogP contribution < -0.4 is 0 Å². The monoisotopic (exact) mass is 300 g/mol. The van der Waals surface area contributed by atoms with Crippen LogP contribution in [0.15, 0.2) is 59.4 Å². The molecule has 0 aromatic carbocycles. The van der Waals surface area contributed by atoms with Gasteiger partial charge in [-0.1, -0.05) is 43.4 Å². The number of hydrogen-bond acceptors (Lipinski definition) is 4. The van der Waals surface area contributed by atoms with Crippen LogP contribution in [0, 0.1) is 5.92 Å². The van der Waals surface area contributed by atoms with E-state index >= 15 is 0 Å². The highest BCUT2D eigenvalue weighted by molar-refractivity contribution is 5.73. The molecule has 0 saturated carbocycles. The van der Waals surface area contributed by atoms with Gasteiger partial charge in [-0.05, 0) is 29.9 Å². The third-order valence-corrected chi connectivity index (χ3v) is 4.20. The Balaban J connectivity index is 2.07. The van der Waals surface area contributed by atoms with Crippen molar-refractivity contribution in [1.29, 1.82) is 0 Å². The van der Waals surface area contributed by atoms with Crippen LogP contribution >= 0.6 is 0 Å². The van der Waals surface area contributed by atoms with Gasteiger partial charge in [0.25, 0.3) is 6.29 Å². The van der Waals surface area contributed by atoms with Gasteiger partial charge in [0.1, 0.15) is 6.10 Å². The maximum absolute atomic E-state index is 11.8. The molecule has 2 aliphatic carbocycles. The van der Waals surface area contributed by atoms with Crippen molar-refractivity contribution in [3.63, 3.8) is 0 Å². The molecule has 3 aliphatic rings. The predicted octanol–water partition coefficient (Wildman–Crippen LogP) is 3.19. The molecular formula is C18H20O4. The first kappa shape index (κ1) is 14.9. The smallest absolute Gasteiger partial charge is 0.376 e. The Morgan fingerprint density at radius 1 is 1.36 bits per heavy atom. The highest BCUT2D eigenvalue weighted by atomic mass is 16.7. The summed E-state index contributed by atoms with van der Waals surface area (Å²) in [4.78, 5) is 11.8. The number of fused-ring (bicyclic) bond motifs is 2. The summed E-state index contributed by atoms with van der Waals surface area (Å²) >= 11 is 0. The molecule has 3 atom stereocenters. The van der Waals surface area contributed by atoms with E-state index in [2.05, 4.69) is 25.2 Å². The van der Waals surface area contributed by atoms with Crippen molar-refractivity contribution in [1.82, 2.24) is 0 Å². The van der Waals surface area contributed by atoms with E-state index in [-0.39, 0.29) is 6.10 Å². The zero-order valence-corrected chi connectivity index (χ0v) is 12.8. The van der Waals surface area contributed by atoms with E-state index in [1.165, 1.54) is 12.7 Å². The molecule has 4 nitrogen and oxygen atoms in total. The molecule has 0 aromatic heterocycles. The molecule has 0 N–H and O–H groups in total.